The van der Waals surface area contributed by atoms with Crippen LogP contribution in [-0.4, -0.2) is 4.98 Å². The van der Waals surface area contributed by atoms with E-state index in [1.54, 1.807) is 0 Å². The van der Waals surface area contributed by atoms with Gasteiger partial charge in [0.2, 0.25) is 0 Å². The molecule has 1 aromatic carbocycles. The molecular weight excluding hydrogens is 288 g/mol. The van der Waals surface area contributed by atoms with Crippen molar-refractivity contribution in [2.24, 2.45) is 0 Å². The first-order valence-electron chi connectivity index (χ1n) is 5.99. The lowest BCUT2D eigenvalue weighted by molar-refractivity contribution is 1.07. The van der Waals surface area contributed by atoms with Crippen LogP contribution in [-0.2, 0) is 6.54 Å². The molecule has 3 heteroatoms. The van der Waals surface area contributed by atoms with Gasteiger partial charge in [-0.05, 0) is 50.1 Å². The lowest BCUT2D eigenvalue weighted by Crippen LogP contribution is -2.03. The molecule has 0 unspecified atom stereocenters. The minimum absolute atomic E-state index is 0.798. The third-order valence-electron chi connectivity index (χ3n) is 2.90. The lowest BCUT2D eigenvalue weighted by atomic mass is 10.1. The predicted octanol–water partition coefficient (Wildman–Crippen LogP) is 4.38. The molecule has 0 saturated carbocycles. The summed E-state index contributed by atoms with van der Waals surface area (Å²) in [6.07, 6.45) is 0. The van der Waals surface area contributed by atoms with E-state index >= 15 is 0 Å². The standard InChI is InChI=1S/C15H17BrN2/c1-10-4-6-13(14(16)8-10)9-17-15-7-5-11(2)18-12(15)3/h4-8,17H,9H2,1-3H3. The number of pyridine rings is 1. The van der Waals surface area contributed by atoms with Crippen molar-refractivity contribution >= 4 is 21.6 Å². The third-order valence-corrected chi connectivity index (χ3v) is 3.64. The highest BCUT2D eigenvalue weighted by Crippen LogP contribution is 2.20. The summed E-state index contributed by atoms with van der Waals surface area (Å²) in [6, 6.07) is 10.5. The van der Waals surface area contributed by atoms with Gasteiger partial charge in [-0.25, -0.2) is 0 Å². The average molecular weight is 305 g/mol. The Hall–Kier alpha value is -1.35. The molecular formula is C15H17BrN2. The van der Waals surface area contributed by atoms with Gasteiger partial charge in [0.1, 0.15) is 0 Å². The molecule has 0 radical (unpaired) electrons. The van der Waals surface area contributed by atoms with E-state index in [0.29, 0.717) is 0 Å². The van der Waals surface area contributed by atoms with Crippen molar-refractivity contribution in [1.82, 2.24) is 4.98 Å². The van der Waals surface area contributed by atoms with Crippen molar-refractivity contribution in [2.45, 2.75) is 27.3 Å². The van der Waals surface area contributed by atoms with Crippen LogP contribution in [0.1, 0.15) is 22.5 Å². The molecule has 0 fully saturated rings. The minimum atomic E-state index is 0.798. The Bertz CT molecular complexity index is 513. The molecule has 0 aliphatic heterocycles. The van der Waals surface area contributed by atoms with Crippen LogP contribution in [0, 0.1) is 20.8 Å². The first-order valence-corrected chi connectivity index (χ1v) is 6.79. The fraction of sp³-hybridized carbons (Fsp3) is 0.267. The van der Waals surface area contributed by atoms with E-state index in [9.17, 15) is 0 Å². The van der Waals surface area contributed by atoms with Crippen LogP contribution < -0.4 is 5.32 Å². The molecule has 0 spiro atoms. The first kappa shape index (κ1) is 13.1. The molecule has 0 atom stereocenters. The molecule has 0 bridgehead atoms. The number of nitrogens with zero attached hydrogens (tertiary/aromatic N) is 1. The van der Waals surface area contributed by atoms with Gasteiger partial charge in [0.25, 0.3) is 0 Å². The van der Waals surface area contributed by atoms with E-state index < -0.39 is 0 Å². The maximum atomic E-state index is 4.45. The summed E-state index contributed by atoms with van der Waals surface area (Å²) in [5.74, 6) is 0. The SMILES string of the molecule is Cc1ccc(CNc2ccc(C)nc2C)c(Br)c1. The zero-order valence-corrected chi connectivity index (χ0v) is 12.5. The van der Waals surface area contributed by atoms with Crippen molar-refractivity contribution in [2.75, 3.05) is 5.32 Å². The van der Waals surface area contributed by atoms with E-state index in [1.807, 2.05) is 19.9 Å². The Balaban J connectivity index is 2.11. The van der Waals surface area contributed by atoms with Gasteiger partial charge in [0, 0.05) is 16.7 Å². The second-order valence-corrected chi connectivity index (χ2v) is 5.39. The molecule has 1 heterocycles. The number of hydrogen-bond donors (Lipinski definition) is 1. The number of nitrogens with one attached hydrogen (secondary N) is 1. The number of hydrogen-bond acceptors (Lipinski definition) is 2. The maximum absolute atomic E-state index is 4.45. The number of halogens is 1. The quantitative estimate of drug-likeness (QED) is 0.910. The second-order valence-electron chi connectivity index (χ2n) is 4.53. The molecule has 1 aromatic heterocycles. The van der Waals surface area contributed by atoms with Crippen molar-refractivity contribution in [3.63, 3.8) is 0 Å². The zero-order chi connectivity index (χ0) is 13.1. The average Bonchev–Trinajstić information content (AvgIpc) is 2.30. The maximum Gasteiger partial charge on any atom is 0.0606 e. The third kappa shape index (κ3) is 3.10. The van der Waals surface area contributed by atoms with Crippen LogP contribution in [0.4, 0.5) is 5.69 Å². The summed E-state index contributed by atoms with van der Waals surface area (Å²) in [7, 11) is 0. The van der Waals surface area contributed by atoms with Gasteiger partial charge in [0.15, 0.2) is 0 Å². The zero-order valence-electron chi connectivity index (χ0n) is 10.9. The Morgan fingerprint density at radius 3 is 2.56 bits per heavy atom. The molecule has 1 N–H and O–H groups in total. The smallest absolute Gasteiger partial charge is 0.0606 e. The van der Waals surface area contributed by atoms with Crippen molar-refractivity contribution in [1.29, 1.82) is 0 Å². The van der Waals surface area contributed by atoms with E-state index in [4.69, 9.17) is 0 Å². The molecule has 0 aliphatic rings. The first-order chi connectivity index (χ1) is 8.56. The number of benzene rings is 1. The van der Waals surface area contributed by atoms with Gasteiger partial charge in [-0.1, -0.05) is 28.1 Å². The predicted molar refractivity (Wildman–Crippen MR) is 79.9 cm³/mol. The summed E-state index contributed by atoms with van der Waals surface area (Å²) in [5.41, 5.74) is 5.69. The van der Waals surface area contributed by atoms with E-state index in [2.05, 4.69) is 57.4 Å². The van der Waals surface area contributed by atoms with Crippen molar-refractivity contribution < 1.29 is 0 Å². The fourth-order valence-electron chi connectivity index (χ4n) is 1.86. The van der Waals surface area contributed by atoms with Crippen molar-refractivity contribution in [3.8, 4) is 0 Å². The highest BCUT2D eigenvalue weighted by Gasteiger charge is 2.02. The van der Waals surface area contributed by atoms with Gasteiger partial charge < -0.3 is 5.32 Å². The lowest BCUT2D eigenvalue weighted by Gasteiger charge is -2.11. The number of anilines is 1. The van der Waals surface area contributed by atoms with Gasteiger partial charge in [-0.2, -0.15) is 0 Å². The highest BCUT2D eigenvalue weighted by molar-refractivity contribution is 9.10. The number of rotatable bonds is 3. The Kier molecular flexibility index (Phi) is 4.02. The van der Waals surface area contributed by atoms with E-state index in [1.165, 1.54) is 11.1 Å². The molecule has 0 amide bonds. The Labute approximate surface area is 117 Å². The summed E-state index contributed by atoms with van der Waals surface area (Å²) < 4.78 is 1.15. The normalized spacial score (nSPS) is 10.4. The van der Waals surface area contributed by atoms with Crippen molar-refractivity contribution in [3.05, 3.63) is 57.3 Å². The van der Waals surface area contributed by atoms with Crippen LogP contribution in [0.2, 0.25) is 0 Å². The molecule has 94 valence electrons. The van der Waals surface area contributed by atoms with Crippen LogP contribution in [0.5, 0.6) is 0 Å². The highest BCUT2D eigenvalue weighted by atomic mass is 79.9. The van der Waals surface area contributed by atoms with Gasteiger partial charge in [-0.3, -0.25) is 4.98 Å². The largest absolute Gasteiger partial charge is 0.379 e. The molecule has 2 aromatic rings. The minimum Gasteiger partial charge on any atom is -0.379 e. The number of aromatic nitrogens is 1. The van der Waals surface area contributed by atoms with Gasteiger partial charge >= 0.3 is 0 Å². The number of aryl methyl sites for hydroxylation is 3. The van der Waals surface area contributed by atoms with Gasteiger partial charge in [-0.15, -0.1) is 0 Å². The summed E-state index contributed by atoms with van der Waals surface area (Å²) in [5, 5.41) is 3.42. The molecule has 18 heavy (non-hydrogen) atoms. The second kappa shape index (κ2) is 5.53. The van der Waals surface area contributed by atoms with E-state index in [0.717, 1.165) is 28.1 Å². The molecule has 0 saturated heterocycles. The van der Waals surface area contributed by atoms with Crippen LogP contribution >= 0.6 is 15.9 Å². The van der Waals surface area contributed by atoms with Crippen LogP contribution in [0.15, 0.2) is 34.8 Å². The van der Waals surface area contributed by atoms with E-state index in [-0.39, 0.29) is 0 Å². The Morgan fingerprint density at radius 2 is 1.89 bits per heavy atom. The summed E-state index contributed by atoms with van der Waals surface area (Å²) in [4.78, 5) is 4.45. The summed E-state index contributed by atoms with van der Waals surface area (Å²) >= 11 is 3.60. The summed E-state index contributed by atoms with van der Waals surface area (Å²) in [6.45, 7) is 6.93. The molecule has 2 rings (SSSR count). The molecule has 2 nitrogen and oxygen atoms in total. The molecule has 0 aliphatic carbocycles. The Morgan fingerprint density at radius 1 is 1.11 bits per heavy atom. The topological polar surface area (TPSA) is 24.9 Å². The van der Waals surface area contributed by atoms with Crippen LogP contribution in [0.25, 0.3) is 0 Å². The van der Waals surface area contributed by atoms with Gasteiger partial charge in [0.05, 0.1) is 11.4 Å². The fourth-order valence-corrected chi connectivity index (χ4v) is 2.49. The monoisotopic (exact) mass is 304 g/mol. The van der Waals surface area contributed by atoms with Crippen LogP contribution in [0.3, 0.4) is 0 Å².